The van der Waals surface area contributed by atoms with E-state index in [1.165, 1.54) is 11.1 Å². The molecule has 28 heavy (non-hydrogen) atoms. The van der Waals surface area contributed by atoms with Crippen LogP contribution < -0.4 is 16.2 Å². The summed E-state index contributed by atoms with van der Waals surface area (Å²) in [4.78, 5) is 39.1. The molecule has 1 aromatic carbocycles. The third kappa shape index (κ3) is 3.28. The lowest BCUT2D eigenvalue weighted by molar-refractivity contribution is 0.0947. The average molecular weight is 380 g/mol. The molecule has 2 aromatic rings. The number of nitrogens with one attached hydrogen (secondary N) is 2. The minimum atomic E-state index is -0.399. The van der Waals surface area contributed by atoms with Crippen molar-refractivity contribution in [1.82, 2.24) is 20.1 Å². The van der Waals surface area contributed by atoms with Crippen LogP contribution in [0.2, 0.25) is 0 Å². The van der Waals surface area contributed by atoms with Crippen LogP contribution in [0.5, 0.6) is 0 Å². The first-order chi connectivity index (χ1) is 13.6. The first-order valence-corrected chi connectivity index (χ1v) is 9.70. The van der Waals surface area contributed by atoms with Crippen LogP contribution in [0.1, 0.15) is 33.5 Å². The lowest BCUT2D eigenvalue weighted by atomic mass is 10.1. The molecular formula is C21H24N4O3. The van der Waals surface area contributed by atoms with Crippen molar-refractivity contribution in [3.8, 4) is 5.69 Å². The number of carbonyl (C=O) groups is 2. The van der Waals surface area contributed by atoms with Crippen molar-refractivity contribution in [3.05, 3.63) is 63.1 Å². The van der Waals surface area contributed by atoms with Crippen LogP contribution in [0.4, 0.5) is 4.79 Å². The van der Waals surface area contributed by atoms with Crippen LogP contribution in [0, 0.1) is 6.92 Å². The maximum absolute atomic E-state index is 13.1. The van der Waals surface area contributed by atoms with Gasteiger partial charge in [-0.3, -0.25) is 14.2 Å². The summed E-state index contributed by atoms with van der Waals surface area (Å²) in [5.74, 6) is -0.399. The fourth-order valence-corrected chi connectivity index (χ4v) is 4.03. The summed E-state index contributed by atoms with van der Waals surface area (Å²) < 4.78 is 1.58. The van der Waals surface area contributed by atoms with Gasteiger partial charge < -0.3 is 15.5 Å². The molecule has 0 unspecified atom stereocenters. The Bertz CT molecular complexity index is 996. The third-order valence-electron chi connectivity index (χ3n) is 5.52. The fraction of sp³-hybridized carbons (Fsp3) is 0.381. The van der Waals surface area contributed by atoms with E-state index >= 15 is 0 Å². The number of aromatic nitrogens is 1. The molecule has 2 N–H and O–H groups in total. The zero-order valence-electron chi connectivity index (χ0n) is 16.0. The van der Waals surface area contributed by atoms with Gasteiger partial charge in [-0.25, -0.2) is 4.79 Å². The zero-order valence-corrected chi connectivity index (χ0v) is 16.0. The molecule has 0 radical (unpaired) electrons. The van der Waals surface area contributed by atoms with Crippen molar-refractivity contribution >= 4 is 11.9 Å². The molecule has 7 heteroatoms. The van der Waals surface area contributed by atoms with Gasteiger partial charge in [0.2, 0.25) is 0 Å². The fourth-order valence-electron chi connectivity index (χ4n) is 4.03. The third-order valence-corrected chi connectivity index (χ3v) is 5.52. The van der Waals surface area contributed by atoms with Crippen LogP contribution in [0.25, 0.3) is 5.69 Å². The molecule has 2 heterocycles. The van der Waals surface area contributed by atoms with Gasteiger partial charge in [0.25, 0.3) is 11.5 Å². The minimum absolute atomic E-state index is 0.120. The highest BCUT2D eigenvalue weighted by atomic mass is 16.2. The number of pyridine rings is 1. The predicted molar refractivity (Wildman–Crippen MR) is 106 cm³/mol. The van der Waals surface area contributed by atoms with E-state index in [4.69, 9.17) is 0 Å². The Kier molecular flexibility index (Phi) is 4.90. The largest absolute Gasteiger partial charge is 0.350 e. The second-order valence-electron chi connectivity index (χ2n) is 7.29. The molecule has 7 nitrogen and oxygen atoms in total. The molecule has 0 spiro atoms. The number of aryl methyl sites for hydroxylation is 2. The van der Waals surface area contributed by atoms with Crippen LogP contribution in [-0.2, 0) is 12.8 Å². The Labute approximate surface area is 163 Å². The molecule has 0 bridgehead atoms. The van der Waals surface area contributed by atoms with Gasteiger partial charge in [-0.15, -0.1) is 0 Å². The van der Waals surface area contributed by atoms with E-state index in [1.54, 1.807) is 28.7 Å². The number of amides is 3. The quantitative estimate of drug-likeness (QED) is 0.822. The van der Waals surface area contributed by atoms with E-state index < -0.39 is 5.91 Å². The highest BCUT2D eigenvalue weighted by Gasteiger charge is 2.22. The van der Waals surface area contributed by atoms with Gasteiger partial charge in [0.1, 0.15) is 5.56 Å². The SMILES string of the molecule is Cc1ccn(-c2cccc3c2CCC3)c(=O)c1C(=O)NCCN1CCNC1=O. The van der Waals surface area contributed by atoms with Gasteiger partial charge in [0.05, 0.1) is 5.69 Å². The summed E-state index contributed by atoms with van der Waals surface area (Å²) >= 11 is 0. The van der Waals surface area contributed by atoms with Crippen LogP contribution >= 0.6 is 0 Å². The van der Waals surface area contributed by atoms with E-state index in [-0.39, 0.29) is 17.2 Å². The van der Waals surface area contributed by atoms with Crippen molar-refractivity contribution in [1.29, 1.82) is 0 Å². The lowest BCUT2D eigenvalue weighted by Gasteiger charge is -2.16. The van der Waals surface area contributed by atoms with Gasteiger partial charge in [-0.05, 0) is 55.0 Å². The first-order valence-electron chi connectivity index (χ1n) is 9.70. The summed E-state index contributed by atoms with van der Waals surface area (Å²) in [5, 5.41) is 5.51. The normalized spacial score (nSPS) is 15.5. The van der Waals surface area contributed by atoms with Crippen LogP contribution in [-0.4, -0.2) is 47.6 Å². The lowest BCUT2D eigenvalue weighted by Crippen LogP contribution is -2.39. The number of fused-ring (bicyclic) bond motifs is 1. The van der Waals surface area contributed by atoms with E-state index in [1.807, 2.05) is 12.1 Å². The molecular weight excluding hydrogens is 356 g/mol. The van der Waals surface area contributed by atoms with Gasteiger partial charge in [-0.1, -0.05) is 12.1 Å². The number of nitrogens with zero attached hydrogens (tertiary/aromatic N) is 2. The molecule has 146 valence electrons. The summed E-state index contributed by atoms with van der Waals surface area (Å²) in [7, 11) is 0. The maximum atomic E-state index is 13.1. The Hall–Kier alpha value is -3.09. The number of carbonyl (C=O) groups excluding carboxylic acids is 2. The molecule has 1 aliphatic heterocycles. The summed E-state index contributed by atoms with van der Waals surface area (Å²) in [6.07, 6.45) is 4.81. The van der Waals surface area contributed by atoms with Crippen molar-refractivity contribution in [2.24, 2.45) is 0 Å². The highest BCUT2D eigenvalue weighted by Crippen LogP contribution is 2.27. The van der Waals surface area contributed by atoms with Crippen molar-refractivity contribution in [3.63, 3.8) is 0 Å². The number of rotatable bonds is 5. The zero-order chi connectivity index (χ0) is 19.7. The summed E-state index contributed by atoms with van der Waals surface area (Å²) in [6, 6.07) is 7.69. The minimum Gasteiger partial charge on any atom is -0.350 e. The Morgan fingerprint density at radius 1 is 1.21 bits per heavy atom. The molecule has 0 atom stereocenters. The standard InChI is InChI=1S/C21H24N4O3/c1-14-8-11-25(17-7-3-5-15-4-2-6-16(15)17)20(27)18(14)19(26)22-9-12-24-13-10-23-21(24)28/h3,5,7-8,11H,2,4,6,9-10,12-13H2,1H3,(H,22,26)(H,23,28). The van der Waals surface area contributed by atoms with Gasteiger partial charge >= 0.3 is 6.03 Å². The van der Waals surface area contributed by atoms with Crippen molar-refractivity contribution in [2.45, 2.75) is 26.2 Å². The highest BCUT2D eigenvalue weighted by molar-refractivity contribution is 5.95. The van der Waals surface area contributed by atoms with Gasteiger partial charge in [0.15, 0.2) is 0 Å². The smallest absolute Gasteiger partial charge is 0.317 e. The van der Waals surface area contributed by atoms with E-state index in [0.29, 0.717) is 31.7 Å². The molecule has 1 fully saturated rings. The van der Waals surface area contributed by atoms with E-state index in [2.05, 4.69) is 16.7 Å². The first kappa shape index (κ1) is 18.3. The number of benzene rings is 1. The molecule has 3 amide bonds. The predicted octanol–water partition coefficient (Wildman–Crippen LogP) is 1.39. The van der Waals surface area contributed by atoms with Gasteiger partial charge in [-0.2, -0.15) is 0 Å². The summed E-state index contributed by atoms with van der Waals surface area (Å²) in [5.41, 5.74) is 3.83. The molecule has 0 saturated carbocycles. The van der Waals surface area contributed by atoms with E-state index in [9.17, 15) is 14.4 Å². The summed E-state index contributed by atoms with van der Waals surface area (Å²) in [6.45, 7) is 3.75. The van der Waals surface area contributed by atoms with Crippen LogP contribution in [0.3, 0.4) is 0 Å². The topological polar surface area (TPSA) is 83.4 Å². The van der Waals surface area contributed by atoms with Crippen LogP contribution in [0.15, 0.2) is 35.3 Å². The Morgan fingerprint density at radius 2 is 2.07 bits per heavy atom. The average Bonchev–Trinajstić information content (AvgIpc) is 3.31. The molecule has 1 saturated heterocycles. The van der Waals surface area contributed by atoms with Gasteiger partial charge in [0, 0.05) is 32.4 Å². The van der Waals surface area contributed by atoms with Crippen molar-refractivity contribution < 1.29 is 9.59 Å². The Morgan fingerprint density at radius 3 is 2.86 bits per heavy atom. The monoisotopic (exact) mass is 380 g/mol. The molecule has 2 aliphatic rings. The number of hydrogen-bond donors (Lipinski definition) is 2. The maximum Gasteiger partial charge on any atom is 0.317 e. The van der Waals surface area contributed by atoms with Crippen molar-refractivity contribution in [2.75, 3.05) is 26.2 Å². The molecule has 4 rings (SSSR count). The second-order valence-corrected chi connectivity index (χ2v) is 7.29. The Balaban J connectivity index is 1.57. The number of hydrogen-bond acceptors (Lipinski definition) is 3. The number of urea groups is 1. The van der Waals surface area contributed by atoms with E-state index in [0.717, 1.165) is 24.9 Å². The molecule has 1 aliphatic carbocycles. The second kappa shape index (κ2) is 7.50. The molecule has 1 aromatic heterocycles.